The van der Waals surface area contributed by atoms with Crippen LogP contribution >= 0.6 is 0 Å². The first-order valence-corrected chi connectivity index (χ1v) is 10.0. The van der Waals surface area contributed by atoms with Crippen molar-refractivity contribution in [3.8, 4) is 22.8 Å². The molecule has 9 nitrogen and oxygen atoms in total. The highest BCUT2D eigenvalue weighted by atomic mass is 16.5. The van der Waals surface area contributed by atoms with Crippen LogP contribution in [-0.4, -0.2) is 62.9 Å². The second-order valence-electron chi connectivity index (χ2n) is 7.87. The molecule has 5 rings (SSSR count). The van der Waals surface area contributed by atoms with Crippen molar-refractivity contribution in [1.82, 2.24) is 29.7 Å². The predicted molar refractivity (Wildman–Crippen MR) is 109 cm³/mol. The molecule has 156 valence electrons. The molecule has 2 fully saturated rings. The maximum Gasteiger partial charge on any atom is 0.272 e. The predicted octanol–water partition coefficient (Wildman–Crippen LogP) is 2.27. The highest BCUT2D eigenvalue weighted by Crippen LogP contribution is 2.39. The molecule has 1 aliphatic carbocycles. The van der Waals surface area contributed by atoms with Crippen LogP contribution in [0.3, 0.4) is 0 Å². The van der Waals surface area contributed by atoms with E-state index in [0.29, 0.717) is 41.9 Å². The van der Waals surface area contributed by atoms with E-state index in [1.54, 1.807) is 32.0 Å². The number of nitrogens with zero attached hydrogens (tertiary/aromatic N) is 6. The summed E-state index contributed by atoms with van der Waals surface area (Å²) in [5, 5.41) is 13.1. The van der Waals surface area contributed by atoms with E-state index in [1.807, 2.05) is 34.0 Å². The summed E-state index contributed by atoms with van der Waals surface area (Å²) in [7, 11) is 5.00. The summed E-state index contributed by atoms with van der Waals surface area (Å²) in [6.45, 7) is 1.24. The Balaban J connectivity index is 1.32. The third-order valence-electron chi connectivity index (χ3n) is 5.83. The minimum Gasteiger partial charge on any atom is -0.497 e. The Morgan fingerprint density at radius 1 is 1.13 bits per heavy atom. The number of aromatic nitrogens is 5. The van der Waals surface area contributed by atoms with Crippen LogP contribution in [0.2, 0.25) is 0 Å². The molecule has 0 bridgehead atoms. The number of amides is 1. The highest BCUT2D eigenvalue weighted by Gasteiger charge is 2.36. The standard InChI is InChI=1S/C21H24N6O3/c1-25-19(9-17(23-25)16-8-15(29-2)6-7-20(16)30-3)21(28)26-10-14(11-26)27-12-18(22-24-27)13-4-5-13/h6-9,12-14H,4-5,10-11H2,1-3H3. The molecule has 3 heterocycles. The van der Waals surface area contributed by atoms with Gasteiger partial charge in [-0.05, 0) is 37.1 Å². The Labute approximate surface area is 174 Å². The van der Waals surface area contributed by atoms with Crippen LogP contribution < -0.4 is 9.47 Å². The van der Waals surface area contributed by atoms with Gasteiger partial charge in [0, 0.05) is 37.8 Å². The minimum atomic E-state index is -0.0445. The van der Waals surface area contributed by atoms with Gasteiger partial charge in [-0.2, -0.15) is 5.10 Å². The fraction of sp³-hybridized carbons (Fsp3) is 0.429. The van der Waals surface area contributed by atoms with Crippen molar-refractivity contribution in [3.63, 3.8) is 0 Å². The molecule has 0 N–H and O–H groups in total. The number of ether oxygens (including phenoxy) is 2. The van der Waals surface area contributed by atoms with Crippen molar-refractivity contribution in [1.29, 1.82) is 0 Å². The van der Waals surface area contributed by atoms with Gasteiger partial charge in [-0.25, -0.2) is 4.68 Å². The number of hydrogen-bond donors (Lipinski definition) is 0. The lowest BCUT2D eigenvalue weighted by Crippen LogP contribution is -2.51. The van der Waals surface area contributed by atoms with Gasteiger partial charge in [-0.15, -0.1) is 5.10 Å². The maximum atomic E-state index is 13.0. The molecule has 1 amide bonds. The molecular formula is C21H24N6O3. The largest absolute Gasteiger partial charge is 0.497 e. The van der Waals surface area contributed by atoms with Crippen LogP contribution in [0, 0.1) is 0 Å². The average Bonchev–Trinajstić information content (AvgIpc) is 3.34. The normalized spacial score (nSPS) is 16.4. The molecule has 1 aliphatic heterocycles. The molecule has 0 spiro atoms. The number of hydrogen-bond acceptors (Lipinski definition) is 6. The number of rotatable bonds is 6. The SMILES string of the molecule is COc1ccc(OC)c(-c2cc(C(=O)N3CC(n4cc(C5CC5)nn4)C3)n(C)n2)c1. The van der Waals surface area contributed by atoms with Crippen molar-refractivity contribution < 1.29 is 14.3 Å². The summed E-state index contributed by atoms with van der Waals surface area (Å²) < 4.78 is 14.3. The molecule has 3 aromatic rings. The molecule has 1 aromatic carbocycles. The zero-order valence-corrected chi connectivity index (χ0v) is 17.3. The first kappa shape index (κ1) is 18.7. The average molecular weight is 408 g/mol. The van der Waals surface area contributed by atoms with Crippen molar-refractivity contribution in [2.45, 2.75) is 24.8 Å². The van der Waals surface area contributed by atoms with Gasteiger partial charge in [0.05, 0.1) is 31.6 Å². The van der Waals surface area contributed by atoms with E-state index >= 15 is 0 Å². The van der Waals surface area contributed by atoms with E-state index in [-0.39, 0.29) is 11.9 Å². The second-order valence-corrected chi connectivity index (χ2v) is 7.87. The number of likely N-dealkylation sites (tertiary alicyclic amines) is 1. The summed E-state index contributed by atoms with van der Waals surface area (Å²) in [6, 6.07) is 7.50. The molecule has 0 atom stereocenters. The number of benzene rings is 1. The van der Waals surface area contributed by atoms with Crippen molar-refractivity contribution in [2.24, 2.45) is 7.05 Å². The topological polar surface area (TPSA) is 87.3 Å². The second kappa shape index (κ2) is 7.16. The van der Waals surface area contributed by atoms with Crippen molar-refractivity contribution >= 4 is 5.91 Å². The number of methoxy groups -OCH3 is 2. The Morgan fingerprint density at radius 3 is 2.63 bits per heavy atom. The van der Waals surface area contributed by atoms with Crippen LogP contribution in [0.4, 0.5) is 0 Å². The van der Waals surface area contributed by atoms with E-state index in [2.05, 4.69) is 15.4 Å². The molecule has 2 aliphatic rings. The van der Waals surface area contributed by atoms with Crippen LogP contribution in [0.25, 0.3) is 11.3 Å². The van der Waals surface area contributed by atoms with Gasteiger partial charge >= 0.3 is 0 Å². The molecule has 30 heavy (non-hydrogen) atoms. The quantitative estimate of drug-likeness (QED) is 0.622. The summed E-state index contributed by atoms with van der Waals surface area (Å²) in [4.78, 5) is 14.8. The van der Waals surface area contributed by atoms with Gasteiger partial charge in [0.15, 0.2) is 0 Å². The fourth-order valence-electron chi connectivity index (χ4n) is 3.80. The van der Waals surface area contributed by atoms with E-state index < -0.39 is 0 Å². The molecule has 1 saturated heterocycles. The van der Waals surface area contributed by atoms with Gasteiger partial charge in [0.1, 0.15) is 17.2 Å². The van der Waals surface area contributed by atoms with Gasteiger partial charge in [-0.1, -0.05) is 5.21 Å². The number of carbonyl (C=O) groups excluding carboxylic acids is 1. The fourth-order valence-corrected chi connectivity index (χ4v) is 3.80. The number of aryl methyl sites for hydroxylation is 1. The van der Waals surface area contributed by atoms with Crippen LogP contribution in [0.1, 0.15) is 41.0 Å². The Morgan fingerprint density at radius 2 is 1.93 bits per heavy atom. The smallest absolute Gasteiger partial charge is 0.272 e. The van der Waals surface area contributed by atoms with E-state index in [0.717, 1.165) is 11.3 Å². The van der Waals surface area contributed by atoms with E-state index in [1.165, 1.54) is 12.8 Å². The van der Waals surface area contributed by atoms with E-state index in [9.17, 15) is 4.79 Å². The molecule has 0 unspecified atom stereocenters. The lowest BCUT2D eigenvalue weighted by atomic mass is 10.1. The molecule has 1 saturated carbocycles. The van der Waals surface area contributed by atoms with Gasteiger partial charge < -0.3 is 14.4 Å². The molecular weight excluding hydrogens is 384 g/mol. The summed E-state index contributed by atoms with van der Waals surface area (Å²) in [5.41, 5.74) is 3.05. The zero-order chi connectivity index (χ0) is 20.8. The Hall–Kier alpha value is -3.36. The van der Waals surface area contributed by atoms with Gasteiger partial charge in [0.25, 0.3) is 5.91 Å². The lowest BCUT2D eigenvalue weighted by molar-refractivity contribution is 0.0487. The van der Waals surface area contributed by atoms with Crippen LogP contribution in [-0.2, 0) is 7.05 Å². The first-order chi connectivity index (χ1) is 14.6. The number of carbonyl (C=O) groups is 1. The summed E-state index contributed by atoms with van der Waals surface area (Å²) >= 11 is 0. The molecule has 9 heteroatoms. The third-order valence-corrected chi connectivity index (χ3v) is 5.83. The Kier molecular flexibility index (Phi) is 4.45. The Bertz CT molecular complexity index is 1090. The third kappa shape index (κ3) is 3.20. The van der Waals surface area contributed by atoms with Crippen LogP contribution in [0.5, 0.6) is 11.5 Å². The molecule has 2 aromatic heterocycles. The summed E-state index contributed by atoms with van der Waals surface area (Å²) in [5.74, 6) is 1.91. The zero-order valence-electron chi connectivity index (χ0n) is 17.3. The highest BCUT2D eigenvalue weighted by molar-refractivity contribution is 5.94. The van der Waals surface area contributed by atoms with Crippen molar-refractivity contribution in [3.05, 3.63) is 41.9 Å². The van der Waals surface area contributed by atoms with Crippen LogP contribution in [0.15, 0.2) is 30.5 Å². The first-order valence-electron chi connectivity index (χ1n) is 10.0. The maximum absolute atomic E-state index is 13.0. The van der Waals surface area contributed by atoms with E-state index in [4.69, 9.17) is 9.47 Å². The van der Waals surface area contributed by atoms with Crippen molar-refractivity contribution in [2.75, 3.05) is 27.3 Å². The monoisotopic (exact) mass is 408 g/mol. The lowest BCUT2D eigenvalue weighted by Gasteiger charge is -2.38. The molecule has 0 radical (unpaired) electrons. The summed E-state index contributed by atoms with van der Waals surface area (Å²) in [6.07, 6.45) is 4.44. The van der Waals surface area contributed by atoms with Gasteiger partial charge in [-0.3, -0.25) is 9.48 Å². The van der Waals surface area contributed by atoms with Gasteiger partial charge in [0.2, 0.25) is 0 Å². The minimum absolute atomic E-state index is 0.0445.